The van der Waals surface area contributed by atoms with Gasteiger partial charge in [-0.05, 0) is 24.1 Å². The predicted molar refractivity (Wildman–Crippen MR) is 85.2 cm³/mol. The molecule has 3 rings (SSSR count). The van der Waals surface area contributed by atoms with Crippen LogP contribution in [0, 0.1) is 0 Å². The molecule has 1 saturated heterocycles. The Labute approximate surface area is 135 Å². The van der Waals surface area contributed by atoms with Crippen LogP contribution in [0.3, 0.4) is 0 Å². The predicted octanol–water partition coefficient (Wildman–Crippen LogP) is 1.16. The largest absolute Gasteiger partial charge is 0.497 e. The number of ether oxygens (including phenoxy) is 1. The number of aromatic nitrogens is 3. The van der Waals surface area contributed by atoms with E-state index >= 15 is 0 Å². The van der Waals surface area contributed by atoms with Gasteiger partial charge in [0.15, 0.2) is 5.69 Å². The maximum atomic E-state index is 12.3. The third-order valence-corrected chi connectivity index (χ3v) is 4.08. The number of amides is 1. The van der Waals surface area contributed by atoms with Gasteiger partial charge in [0.25, 0.3) is 5.91 Å². The van der Waals surface area contributed by atoms with Crippen LogP contribution in [0.5, 0.6) is 5.75 Å². The molecule has 122 valence electrons. The van der Waals surface area contributed by atoms with Crippen molar-refractivity contribution in [2.75, 3.05) is 33.3 Å². The fourth-order valence-electron chi connectivity index (χ4n) is 2.79. The minimum Gasteiger partial charge on any atom is -0.497 e. The number of nitrogens with one attached hydrogen (secondary N) is 1. The summed E-state index contributed by atoms with van der Waals surface area (Å²) in [5, 5.41) is 10.1. The van der Waals surface area contributed by atoms with Crippen molar-refractivity contribution >= 4 is 5.91 Å². The van der Waals surface area contributed by atoms with Crippen molar-refractivity contribution in [1.29, 1.82) is 0 Å². The lowest BCUT2D eigenvalue weighted by Gasteiger charge is -2.21. The third kappa shape index (κ3) is 3.87. The lowest BCUT2D eigenvalue weighted by atomic mass is 10.2. The van der Waals surface area contributed by atoms with Gasteiger partial charge in [-0.3, -0.25) is 9.69 Å². The standard InChI is InChI=1S/C16H21N5O2/c1-23-14-5-3-13(4-6-14)12-20-7-2-8-21(10-9-20)16(22)15-11-17-19-18-15/h3-6,11H,2,7-10,12H2,1H3,(H,17,18,19). The van der Waals surface area contributed by atoms with Crippen LogP contribution in [0.2, 0.25) is 0 Å². The van der Waals surface area contributed by atoms with Gasteiger partial charge in [0.05, 0.1) is 13.3 Å². The summed E-state index contributed by atoms with van der Waals surface area (Å²) in [6, 6.07) is 8.13. The summed E-state index contributed by atoms with van der Waals surface area (Å²) in [5.41, 5.74) is 1.63. The molecule has 0 aliphatic carbocycles. The monoisotopic (exact) mass is 315 g/mol. The Morgan fingerprint density at radius 1 is 1.22 bits per heavy atom. The van der Waals surface area contributed by atoms with Crippen LogP contribution in [0.15, 0.2) is 30.5 Å². The Morgan fingerprint density at radius 3 is 2.74 bits per heavy atom. The Hall–Kier alpha value is -2.41. The molecule has 0 atom stereocenters. The molecule has 23 heavy (non-hydrogen) atoms. The van der Waals surface area contributed by atoms with Crippen LogP contribution in [0.1, 0.15) is 22.5 Å². The number of carbonyl (C=O) groups excluding carboxylic acids is 1. The lowest BCUT2D eigenvalue weighted by molar-refractivity contribution is 0.0755. The molecule has 0 radical (unpaired) electrons. The molecule has 1 aromatic carbocycles. The van der Waals surface area contributed by atoms with E-state index < -0.39 is 0 Å². The van der Waals surface area contributed by atoms with E-state index in [2.05, 4.69) is 32.4 Å². The molecule has 0 saturated carbocycles. The van der Waals surface area contributed by atoms with E-state index in [0.29, 0.717) is 12.2 Å². The first-order valence-corrected chi connectivity index (χ1v) is 7.76. The van der Waals surface area contributed by atoms with Crippen molar-refractivity contribution in [3.8, 4) is 5.75 Å². The molecule has 0 unspecified atom stereocenters. The highest BCUT2D eigenvalue weighted by Crippen LogP contribution is 2.14. The fraction of sp³-hybridized carbons (Fsp3) is 0.438. The van der Waals surface area contributed by atoms with Crippen molar-refractivity contribution in [2.24, 2.45) is 0 Å². The van der Waals surface area contributed by atoms with E-state index in [1.54, 1.807) is 7.11 Å². The van der Waals surface area contributed by atoms with Crippen molar-refractivity contribution in [3.05, 3.63) is 41.7 Å². The van der Waals surface area contributed by atoms with Gasteiger partial charge >= 0.3 is 0 Å². The number of H-pyrrole nitrogens is 1. The molecule has 0 bridgehead atoms. The van der Waals surface area contributed by atoms with Crippen LogP contribution >= 0.6 is 0 Å². The molecule has 7 nitrogen and oxygen atoms in total. The van der Waals surface area contributed by atoms with E-state index in [1.165, 1.54) is 11.8 Å². The van der Waals surface area contributed by atoms with Gasteiger partial charge in [0.1, 0.15) is 5.75 Å². The van der Waals surface area contributed by atoms with Crippen molar-refractivity contribution in [2.45, 2.75) is 13.0 Å². The van der Waals surface area contributed by atoms with Gasteiger partial charge in [0.2, 0.25) is 0 Å². The highest BCUT2D eigenvalue weighted by Gasteiger charge is 2.21. The number of nitrogens with zero attached hydrogens (tertiary/aromatic N) is 4. The Bertz CT molecular complexity index is 626. The summed E-state index contributed by atoms with van der Waals surface area (Å²) in [5.74, 6) is 0.819. The van der Waals surface area contributed by atoms with Crippen molar-refractivity contribution in [3.63, 3.8) is 0 Å². The van der Waals surface area contributed by atoms with E-state index in [9.17, 15) is 4.79 Å². The van der Waals surface area contributed by atoms with Gasteiger partial charge in [-0.15, -0.1) is 0 Å². The topological polar surface area (TPSA) is 74.3 Å². The summed E-state index contributed by atoms with van der Waals surface area (Å²) in [6.45, 7) is 4.19. The maximum absolute atomic E-state index is 12.3. The zero-order chi connectivity index (χ0) is 16.1. The van der Waals surface area contributed by atoms with E-state index in [-0.39, 0.29) is 5.91 Å². The van der Waals surface area contributed by atoms with E-state index in [4.69, 9.17) is 4.74 Å². The normalized spacial score (nSPS) is 16.1. The first kappa shape index (κ1) is 15.5. The van der Waals surface area contributed by atoms with Gasteiger partial charge in [-0.1, -0.05) is 12.1 Å². The average molecular weight is 315 g/mol. The number of methoxy groups -OCH3 is 1. The number of hydrogen-bond donors (Lipinski definition) is 1. The van der Waals surface area contributed by atoms with Crippen LogP contribution in [0.25, 0.3) is 0 Å². The molecule has 1 N–H and O–H groups in total. The summed E-state index contributed by atoms with van der Waals surface area (Å²) >= 11 is 0. The molecule has 1 aliphatic heterocycles. The summed E-state index contributed by atoms with van der Waals surface area (Å²) in [6.07, 6.45) is 2.43. The number of benzene rings is 1. The molecular weight excluding hydrogens is 294 g/mol. The third-order valence-electron chi connectivity index (χ3n) is 4.08. The van der Waals surface area contributed by atoms with E-state index in [1.807, 2.05) is 17.0 Å². The molecular formula is C16H21N5O2. The molecule has 1 fully saturated rings. The minimum atomic E-state index is -0.0509. The first-order chi connectivity index (χ1) is 11.3. The second-order valence-corrected chi connectivity index (χ2v) is 5.63. The highest BCUT2D eigenvalue weighted by atomic mass is 16.5. The summed E-state index contributed by atoms with van der Waals surface area (Å²) in [4.78, 5) is 16.5. The van der Waals surface area contributed by atoms with Gasteiger partial charge < -0.3 is 9.64 Å². The maximum Gasteiger partial charge on any atom is 0.276 e. The van der Waals surface area contributed by atoms with Crippen LogP contribution in [-0.2, 0) is 6.54 Å². The van der Waals surface area contributed by atoms with Crippen molar-refractivity contribution in [1.82, 2.24) is 25.2 Å². The number of aromatic amines is 1. The molecule has 1 aliphatic rings. The zero-order valence-electron chi connectivity index (χ0n) is 13.2. The van der Waals surface area contributed by atoms with Crippen LogP contribution in [-0.4, -0.2) is 64.4 Å². The Kier molecular flexibility index (Phi) is 4.87. The van der Waals surface area contributed by atoms with Gasteiger partial charge in [-0.25, -0.2) is 0 Å². The summed E-state index contributed by atoms with van der Waals surface area (Å²) < 4.78 is 5.18. The smallest absolute Gasteiger partial charge is 0.276 e. The molecule has 1 aromatic heterocycles. The van der Waals surface area contributed by atoms with E-state index in [0.717, 1.165) is 38.3 Å². The molecule has 1 amide bonds. The zero-order valence-corrected chi connectivity index (χ0v) is 13.2. The summed E-state index contributed by atoms with van der Waals surface area (Å²) in [7, 11) is 1.67. The highest BCUT2D eigenvalue weighted by molar-refractivity contribution is 5.91. The molecule has 2 heterocycles. The molecule has 2 aromatic rings. The first-order valence-electron chi connectivity index (χ1n) is 7.76. The molecule has 0 spiro atoms. The van der Waals surface area contributed by atoms with Gasteiger partial charge in [0, 0.05) is 32.7 Å². The second-order valence-electron chi connectivity index (χ2n) is 5.63. The number of rotatable bonds is 4. The lowest BCUT2D eigenvalue weighted by Crippen LogP contribution is -2.35. The number of carbonyl (C=O) groups is 1. The Balaban J connectivity index is 1.56. The molecule has 7 heteroatoms. The minimum absolute atomic E-state index is 0.0509. The Morgan fingerprint density at radius 2 is 2.04 bits per heavy atom. The van der Waals surface area contributed by atoms with Gasteiger partial charge in [-0.2, -0.15) is 15.4 Å². The SMILES string of the molecule is COc1ccc(CN2CCCN(C(=O)c3cn[nH]n3)CC2)cc1. The fourth-order valence-corrected chi connectivity index (χ4v) is 2.79. The second kappa shape index (κ2) is 7.23. The average Bonchev–Trinajstić information content (AvgIpc) is 3.02. The quantitative estimate of drug-likeness (QED) is 0.916. The van der Waals surface area contributed by atoms with Crippen LogP contribution < -0.4 is 4.74 Å². The number of hydrogen-bond acceptors (Lipinski definition) is 5. The van der Waals surface area contributed by atoms with Crippen LogP contribution in [0.4, 0.5) is 0 Å². The van der Waals surface area contributed by atoms with Crippen molar-refractivity contribution < 1.29 is 9.53 Å².